The fraction of sp³-hybridized carbons (Fsp3) is 1.00. The molecule has 2 nitrogen and oxygen atoms in total. The van der Waals surface area contributed by atoms with Gasteiger partial charge in [0.15, 0.2) is 0 Å². The van der Waals surface area contributed by atoms with E-state index in [0.717, 1.165) is 6.42 Å². The van der Waals surface area contributed by atoms with Crippen LogP contribution in [-0.4, -0.2) is 18.6 Å². The highest BCUT2D eigenvalue weighted by Gasteiger charge is 2.19. The van der Waals surface area contributed by atoms with Gasteiger partial charge < -0.3 is 11.1 Å². The summed E-state index contributed by atoms with van der Waals surface area (Å²) in [5.74, 6) is 0. The zero-order valence-corrected chi connectivity index (χ0v) is 6.77. The van der Waals surface area contributed by atoms with Gasteiger partial charge in [0.1, 0.15) is 0 Å². The fourth-order valence-electron chi connectivity index (χ4n) is 1.61. The van der Waals surface area contributed by atoms with E-state index in [-0.39, 0.29) is 0 Å². The summed E-state index contributed by atoms with van der Waals surface area (Å²) >= 11 is 0. The fourth-order valence-corrected chi connectivity index (χ4v) is 1.61. The highest BCUT2D eigenvalue weighted by Crippen LogP contribution is 2.10. The number of nitrogens with two attached hydrogens (primary N) is 1. The molecule has 0 aliphatic carbocycles. The smallest absolute Gasteiger partial charge is 0.0219 e. The molecule has 0 saturated carbocycles. The van der Waals surface area contributed by atoms with E-state index in [9.17, 15) is 0 Å². The van der Waals surface area contributed by atoms with Crippen molar-refractivity contribution in [3.8, 4) is 0 Å². The molecule has 1 fully saturated rings. The van der Waals surface area contributed by atoms with Crippen molar-refractivity contribution < 1.29 is 0 Å². The second-order valence-electron chi connectivity index (χ2n) is 3.16. The summed E-state index contributed by atoms with van der Waals surface area (Å²) in [5.41, 5.74) is 5.93. The largest absolute Gasteiger partial charge is 0.326 e. The lowest BCUT2D eigenvalue weighted by Crippen LogP contribution is -2.40. The monoisotopic (exact) mass is 142 g/mol. The summed E-state index contributed by atoms with van der Waals surface area (Å²) in [4.78, 5) is 0. The molecular formula is C8H18N2. The maximum absolute atomic E-state index is 5.93. The summed E-state index contributed by atoms with van der Waals surface area (Å²) in [6, 6.07) is 1.01. The Balaban J connectivity index is 2.18. The Morgan fingerprint density at radius 1 is 1.70 bits per heavy atom. The molecule has 2 unspecified atom stereocenters. The highest BCUT2D eigenvalue weighted by molar-refractivity contribution is 4.83. The van der Waals surface area contributed by atoms with Crippen molar-refractivity contribution >= 4 is 0 Å². The molecule has 1 aliphatic rings. The molecule has 60 valence electrons. The molecule has 1 rings (SSSR count). The molecule has 2 heteroatoms. The molecule has 0 aromatic heterocycles. The number of hydrogen-bond donors (Lipinski definition) is 2. The summed E-state index contributed by atoms with van der Waals surface area (Å²) in [6.07, 6.45) is 4.96. The number of rotatable bonds is 3. The SMILES string of the molecule is CCCC(N)C1CCCN1. The van der Waals surface area contributed by atoms with Gasteiger partial charge >= 0.3 is 0 Å². The first kappa shape index (κ1) is 8.02. The predicted molar refractivity (Wildman–Crippen MR) is 43.9 cm³/mol. The quantitative estimate of drug-likeness (QED) is 0.613. The molecule has 1 saturated heterocycles. The van der Waals surface area contributed by atoms with Crippen LogP contribution in [0, 0.1) is 0 Å². The van der Waals surface area contributed by atoms with Crippen molar-refractivity contribution in [3.63, 3.8) is 0 Å². The lowest BCUT2D eigenvalue weighted by atomic mass is 10.0. The zero-order chi connectivity index (χ0) is 7.40. The summed E-state index contributed by atoms with van der Waals surface area (Å²) in [7, 11) is 0. The minimum absolute atomic E-state index is 0.396. The Kier molecular flexibility index (Phi) is 3.16. The third-order valence-corrected chi connectivity index (χ3v) is 2.24. The van der Waals surface area contributed by atoms with Gasteiger partial charge in [-0.05, 0) is 25.8 Å². The molecule has 0 aromatic rings. The van der Waals surface area contributed by atoms with E-state index >= 15 is 0 Å². The van der Waals surface area contributed by atoms with Crippen LogP contribution in [0.4, 0.5) is 0 Å². The standard InChI is InChI=1S/C8H18N2/c1-2-4-7(9)8-5-3-6-10-8/h7-8,10H,2-6,9H2,1H3. The number of nitrogens with one attached hydrogen (secondary N) is 1. The first-order valence-electron chi connectivity index (χ1n) is 4.33. The Hall–Kier alpha value is -0.0800. The molecule has 0 bridgehead atoms. The van der Waals surface area contributed by atoms with Crippen molar-refractivity contribution in [2.45, 2.75) is 44.7 Å². The van der Waals surface area contributed by atoms with Gasteiger partial charge in [-0.15, -0.1) is 0 Å². The Morgan fingerprint density at radius 3 is 3.00 bits per heavy atom. The molecule has 1 aliphatic heterocycles. The second kappa shape index (κ2) is 3.94. The highest BCUT2D eigenvalue weighted by atomic mass is 15.0. The van der Waals surface area contributed by atoms with Gasteiger partial charge in [0.2, 0.25) is 0 Å². The topological polar surface area (TPSA) is 38.0 Å². The van der Waals surface area contributed by atoms with E-state index in [1.807, 2.05) is 0 Å². The van der Waals surface area contributed by atoms with E-state index in [0.29, 0.717) is 12.1 Å². The Morgan fingerprint density at radius 2 is 2.50 bits per heavy atom. The van der Waals surface area contributed by atoms with Crippen molar-refractivity contribution in [1.29, 1.82) is 0 Å². The molecule has 2 atom stereocenters. The first-order chi connectivity index (χ1) is 4.84. The molecule has 10 heavy (non-hydrogen) atoms. The maximum Gasteiger partial charge on any atom is 0.0219 e. The van der Waals surface area contributed by atoms with Crippen molar-refractivity contribution in [3.05, 3.63) is 0 Å². The zero-order valence-electron chi connectivity index (χ0n) is 6.77. The predicted octanol–water partition coefficient (Wildman–Crippen LogP) is 0.866. The summed E-state index contributed by atoms with van der Waals surface area (Å²) in [5, 5.41) is 3.42. The van der Waals surface area contributed by atoms with Crippen LogP contribution < -0.4 is 11.1 Å². The van der Waals surface area contributed by atoms with Crippen LogP contribution in [0.3, 0.4) is 0 Å². The summed E-state index contributed by atoms with van der Waals surface area (Å²) < 4.78 is 0. The molecular weight excluding hydrogens is 124 g/mol. The minimum atomic E-state index is 0.396. The van der Waals surface area contributed by atoms with Crippen LogP contribution in [-0.2, 0) is 0 Å². The van der Waals surface area contributed by atoms with E-state index in [1.54, 1.807) is 0 Å². The second-order valence-corrected chi connectivity index (χ2v) is 3.16. The average Bonchev–Trinajstić information content (AvgIpc) is 2.38. The van der Waals surface area contributed by atoms with Gasteiger partial charge in [-0.25, -0.2) is 0 Å². The Bertz CT molecular complexity index is 87.3. The summed E-state index contributed by atoms with van der Waals surface area (Å²) in [6.45, 7) is 3.36. The normalized spacial score (nSPS) is 28.8. The molecule has 0 aromatic carbocycles. The average molecular weight is 142 g/mol. The minimum Gasteiger partial charge on any atom is -0.326 e. The van der Waals surface area contributed by atoms with Crippen molar-refractivity contribution in [1.82, 2.24) is 5.32 Å². The Labute approximate surface area is 63.2 Å². The molecule has 0 spiro atoms. The van der Waals surface area contributed by atoms with Gasteiger partial charge in [0, 0.05) is 12.1 Å². The molecule has 0 radical (unpaired) electrons. The van der Waals surface area contributed by atoms with Crippen LogP contribution in [0.15, 0.2) is 0 Å². The van der Waals surface area contributed by atoms with Crippen LogP contribution in [0.1, 0.15) is 32.6 Å². The number of hydrogen-bond acceptors (Lipinski definition) is 2. The lowest BCUT2D eigenvalue weighted by molar-refractivity contribution is 0.455. The van der Waals surface area contributed by atoms with Gasteiger partial charge in [-0.2, -0.15) is 0 Å². The molecule has 0 amide bonds. The van der Waals surface area contributed by atoms with Crippen LogP contribution in [0.5, 0.6) is 0 Å². The lowest BCUT2D eigenvalue weighted by Gasteiger charge is -2.17. The maximum atomic E-state index is 5.93. The van der Waals surface area contributed by atoms with E-state index in [2.05, 4.69) is 12.2 Å². The van der Waals surface area contributed by atoms with E-state index in [1.165, 1.54) is 25.8 Å². The third-order valence-electron chi connectivity index (χ3n) is 2.24. The molecule has 1 heterocycles. The van der Waals surface area contributed by atoms with E-state index in [4.69, 9.17) is 5.73 Å². The third kappa shape index (κ3) is 1.96. The van der Waals surface area contributed by atoms with Crippen molar-refractivity contribution in [2.24, 2.45) is 5.73 Å². The van der Waals surface area contributed by atoms with Gasteiger partial charge in [-0.3, -0.25) is 0 Å². The van der Waals surface area contributed by atoms with Crippen LogP contribution in [0.25, 0.3) is 0 Å². The van der Waals surface area contributed by atoms with E-state index < -0.39 is 0 Å². The van der Waals surface area contributed by atoms with Gasteiger partial charge in [0.05, 0.1) is 0 Å². The molecule has 3 N–H and O–H groups in total. The first-order valence-corrected chi connectivity index (χ1v) is 4.33. The van der Waals surface area contributed by atoms with Crippen LogP contribution in [0.2, 0.25) is 0 Å². The van der Waals surface area contributed by atoms with Gasteiger partial charge in [-0.1, -0.05) is 13.3 Å². The van der Waals surface area contributed by atoms with Gasteiger partial charge in [0.25, 0.3) is 0 Å². The van der Waals surface area contributed by atoms with Crippen molar-refractivity contribution in [2.75, 3.05) is 6.54 Å². The van der Waals surface area contributed by atoms with Crippen LogP contribution >= 0.6 is 0 Å².